The number of anilines is 3. The van der Waals surface area contributed by atoms with Crippen molar-refractivity contribution < 1.29 is 22.4 Å². The van der Waals surface area contributed by atoms with Crippen molar-refractivity contribution in [2.75, 3.05) is 10.6 Å². The molecule has 0 unspecified atom stereocenters. The maximum absolute atomic E-state index is 14.7. The van der Waals surface area contributed by atoms with Gasteiger partial charge in [0, 0.05) is 30.4 Å². The fourth-order valence-corrected chi connectivity index (χ4v) is 3.60. The lowest BCUT2D eigenvalue weighted by Crippen LogP contribution is -2.16. The molecule has 12 heteroatoms. The fraction of sp³-hybridized carbons (Fsp3) is 0.0800. The minimum Gasteiger partial charge on any atom is -0.324 e. The predicted molar refractivity (Wildman–Crippen MR) is 127 cm³/mol. The molecule has 0 aliphatic rings. The van der Waals surface area contributed by atoms with Crippen LogP contribution in [-0.4, -0.2) is 30.5 Å². The third-order valence-electron chi connectivity index (χ3n) is 5.41. The molecule has 5 rings (SSSR count). The number of hydrogen-bond donors (Lipinski definition) is 2. The quantitative estimate of drug-likeness (QED) is 0.304. The van der Waals surface area contributed by atoms with E-state index in [1.165, 1.54) is 24.5 Å². The topological polar surface area (TPSA) is 97.1 Å². The van der Waals surface area contributed by atoms with Gasteiger partial charge in [0.1, 0.15) is 5.82 Å². The van der Waals surface area contributed by atoms with Gasteiger partial charge in [-0.05, 0) is 35.4 Å². The number of pyridine rings is 2. The lowest BCUT2D eigenvalue weighted by Gasteiger charge is -2.10. The average molecular weight is 507 g/mol. The van der Waals surface area contributed by atoms with Gasteiger partial charge in [-0.15, -0.1) is 0 Å². The number of amides is 1. The summed E-state index contributed by atoms with van der Waals surface area (Å²) in [6.45, 7) is 0. The first-order valence-electron chi connectivity index (χ1n) is 10.9. The Bertz CT molecular complexity index is 1580. The van der Waals surface area contributed by atoms with Gasteiger partial charge >= 0.3 is 6.18 Å². The van der Waals surface area contributed by atoms with Crippen molar-refractivity contribution in [3.63, 3.8) is 0 Å². The summed E-state index contributed by atoms with van der Waals surface area (Å²) in [6.07, 6.45) is 3.30. The molecule has 1 aromatic carbocycles. The minimum absolute atomic E-state index is 0.0773. The Balaban J connectivity index is 1.25. The summed E-state index contributed by atoms with van der Waals surface area (Å²) in [6, 6.07) is 10.7. The molecule has 0 aliphatic heterocycles. The largest absolute Gasteiger partial charge is 0.417 e. The molecular weight excluding hydrogens is 490 g/mol. The summed E-state index contributed by atoms with van der Waals surface area (Å²) < 4.78 is 54.9. The third-order valence-corrected chi connectivity index (χ3v) is 5.41. The van der Waals surface area contributed by atoms with Crippen LogP contribution in [0.1, 0.15) is 11.1 Å². The van der Waals surface area contributed by atoms with E-state index < -0.39 is 23.5 Å². The molecule has 5 aromatic rings. The Labute approximate surface area is 207 Å². The molecule has 37 heavy (non-hydrogen) atoms. The lowest BCUT2D eigenvalue weighted by atomic mass is 10.0. The number of alkyl halides is 3. The number of nitrogens with one attached hydrogen (secondary N) is 2. The summed E-state index contributed by atoms with van der Waals surface area (Å²) in [7, 11) is 0. The van der Waals surface area contributed by atoms with E-state index in [0.29, 0.717) is 23.3 Å². The van der Waals surface area contributed by atoms with Crippen molar-refractivity contribution in [3.8, 4) is 11.1 Å². The van der Waals surface area contributed by atoms with E-state index in [0.717, 1.165) is 23.5 Å². The molecule has 0 spiro atoms. The van der Waals surface area contributed by atoms with E-state index in [2.05, 4.69) is 30.7 Å². The van der Waals surface area contributed by atoms with Gasteiger partial charge < -0.3 is 10.6 Å². The number of nitrogens with zero attached hydrogens (tertiary/aromatic N) is 5. The monoisotopic (exact) mass is 507 g/mol. The summed E-state index contributed by atoms with van der Waals surface area (Å²) in [5.74, 6) is -0.997. The highest BCUT2D eigenvalue weighted by atomic mass is 19.4. The molecule has 0 fully saturated rings. The Morgan fingerprint density at radius 2 is 1.76 bits per heavy atom. The maximum atomic E-state index is 14.7. The smallest absolute Gasteiger partial charge is 0.324 e. The van der Waals surface area contributed by atoms with Gasteiger partial charge in [0.05, 0.1) is 41.3 Å². The van der Waals surface area contributed by atoms with Crippen molar-refractivity contribution >= 4 is 28.7 Å². The molecule has 2 N–H and O–H groups in total. The van der Waals surface area contributed by atoms with E-state index >= 15 is 0 Å². The van der Waals surface area contributed by atoms with Crippen LogP contribution in [0.5, 0.6) is 0 Å². The average Bonchev–Trinajstić information content (AvgIpc) is 3.28. The van der Waals surface area contributed by atoms with Crippen molar-refractivity contribution in [2.45, 2.75) is 12.6 Å². The maximum Gasteiger partial charge on any atom is 0.417 e. The molecule has 0 aliphatic carbocycles. The van der Waals surface area contributed by atoms with Crippen LogP contribution in [0.25, 0.3) is 16.6 Å². The number of carbonyl (C=O) groups is 1. The van der Waals surface area contributed by atoms with Crippen LogP contribution in [-0.2, 0) is 17.4 Å². The van der Waals surface area contributed by atoms with Crippen LogP contribution in [0.15, 0.2) is 79.6 Å². The molecule has 0 bridgehead atoms. The number of carbonyl (C=O) groups excluding carboxylic acids is 1. The molecule has 4 aromatic heterocycles. The van der Waals surface area contributed by atoms with Gasteiger partial charge in [-0.25, -0.2) is 18.9 Å². The predicted octanol–water partition coefficient (Wildman–Crippen LogP) is 5.27. The zero-order chi connectivity index (χ0) is 26.0. The second kappa shape index (κ2) is 9.64. The SMILES string of the molecule is O=C(Cc1ccc(-c2cnc(Nc3cnn4ccccc34)nc2)cc1F)Nc1cncc(C(F)(F)F)c1. The molecule has 0 radical (unpaired) electrons. The van der Waals surface area contributed by atoms with Gasteiger partial charge in [-0.1, -0.05) is 18.2 Å². The van der Waals surface area contributed by atoms with E-state index in [4.69, 9.17) is 0 Å². The summed E-state index contributed by atoms with van der Waals surface area (Å²) in [5.41, 5.74) is 1.56. The lowest BCUT2D eigenvalue weighted by molar-refractivity contribution is -0.137. The van der Waals surface area contributed by atoms with Crippen LogP contribution in [0.2, 0.25) is 0 Å². The Morgan fingerprint density at radius 1 is 0.946 bits per heavy atom. The second-order valence-corrected chi connectivity index (χ2v) is 8.00. The van der Waals surface area contributed by atoms with Crippen molar-refractivity contribution in [2.24, 2.45) is 0 Å². The molecule has 4 heterocycles. The summed E-state index contributed by atoms with van der Waals surface area (Å²) in [5, 5.41) is 9.63. The summed E-state index contributed by atoms with van der Waals surface area (Å²) in [4.78, 5) is 24.3. The molecule has 0 saturated heterocycles. The third kappa shape index (κ3) is 5.37. The van der Waals surface area contributed by atoms with Crippen molar-refractivity contribution in [1.82, 2.24) is 24.6 Å². The first-order chi connectivity index (χ1) is 17.8. The van der Waals surface area contributed by atoms with Crippen LogP contribution >= 0.6 is 0 Å². The normalized spacial score (nSPS) is 11.5. The molecule has 0 saturated carbocycles. The zero-order valence-corrected chi connectivity index (χ0v) is 18.9. The Hall–Kier alpha value is -4.87. The van der Waals surface area contributed by atoms with Crippen LogP contribution in [0.4, 0.5) is 34.9 Å². The molecule has 1 amide bonds. The number of halogens is 4. The van der Waals surface area contributed by atoms with E-state index in [1.54, 1.807) is 16.8 Å². The van der Waals surface area contributed by atoms with Crippen molar-refractivity contribution in [3.05, 3.63) is 96.6 Å². The van der Waals surface area contributed by atoms with Crippen LogP contribution < -0.4 is 10.6 Å². The number of benzene rings is 1. The van der Waals surface area contributed by atoms with E-state index in [1.807, 2.05) is 24.4 Å². The molecule has 186 valence electrons. The number of aromatic nitrogens is 5. The number of fused-ring (bicyclic) bond motifs is 1. The molecule has 0 atom stereocenters. The highest BCUT2D eigenvalue weighted by molar-refractivity contribution is 5.92. The second-order valence-electron chi connectivity index (χ2n) is 8.00. The fourth-order valence-electron chi connectivity index (χ4n) is 3.60. The molecule has 8 nitrogen and oxygen atoms in total. The number of hydrogen-bond acceptors (Lipinski definition) is 6. The van der Waals surface area contributed by atoms with Gasteiger partial charge in [0.15, 0.2) is 0 Å². The zero-order valence-electron chi connectivity index (χ0n) is 18.9. The van der Waals surface area contributed by atoms with Crippen LogP contribution in [0.3, 0.4) is 0 Å². The summed E-state index contributed by atoms with van der Waals surface area (Å²) >= 11 is 0. The Kier molecular flexibility index (Phi) is 6.22. The highest BCUT2D eigenvalue weighted by Crippen LogP contribution is 2.30. The van der Waals surface area contributed by atoms with Gasteiger partial charge in [0.25, 0.3) is 0 Å². The standard InChI is InChI=1S/C25H17F4N7O/c26-20-7-15(4-5-16(20)8-23(37)34-19-9-18(12-30-13-19)25(27,28)29)17-10-31-24(32-11-17)35-21-14-33-36-6-2-1-3-22(21)36/h1-7,9-14H,8H2,(H,34,37)(H,31,32,35). The van der Waals surface area contributed by atoms with E-state index in [9.17, 15) is 22.4 Å². The highest BCUT2D eigenvalue weighted by Gasteiger charge is 2.31. The number of rotatable bonds is 6. The van der Waals surface area contributed by atoms with E-state index in [-0.39, 0.29) is 17.7 Å². The van der Waals surface area contributed by atoms with Gasteiger partial charge in [0.2, 0.25) is 11.9 Å². The molecular formula is C25H17F4N7O. The first-order valence-corrected chi connectivity index (χ1v) is 10.9. The Morgan fingerprint density at radius 3 is 2.51 bits per heavy atom. The van der Waals surface area contributed by atoms with Gasteiger partial charge in [-0.3, -0.25) is 9.78 Å². The van der Waals surface area contributed by atoms with Gasteiger partial charge in [-0.2, -0.15) is 18.3 Å². The first kappa shape index (κ1) is 23.9. The van der Waals surface area contributed by atoms with Crippen molar-refractivity contribution in [1.29, 1.82) is 0 Å². The van der Waals surface area contributed by atoms with Crippen LogP contribution in [0, 0.1) is 5.82 Å². The minimum atomic E-state index is -4.60.